The summed E-state index contributed by atoms with van der Waals surface area (Å²) in [5.74, 6) is 0.902. The second-order valence-corrected chi connectivity index (χ2v) is 8.51. The number of benzene rings is 1. The minimum Gasteiger partial charge on any atom is -0.355 e. The lowest BCUT2D eigenvalue weighted by molar-refractivity contribution is 0.363. The molecular weight excluding hydrogens is 368 g/mol. The van der Waals surface area contributed by atoms with Gasteiger partial charge in [-0.1, -0.05) is 23.4 Å². The minimum atomic E-state index is -0.0680. The Labute approximate surface area is 161 Å². The zero-order valence-corrected chi connectivity index (χ0v) is 16.4. The fourth-order valence-corrected chi connectivity index (χ4v) is 4.22. The van der Waals surface area contributed by atoms with Crippen LogP contribution in [0.1, 0.15) is 19.8 Å². The predicted molar refractivity (Wildman–Crippen MR) is 106 cm³/mol. The summed E-state index contributed by atoms with van der Waals surface area (Å²) < 4.78 is 1.77. The first kappa shape index (κ1) is 17.6. The molecule has 1 aliphatic heterocycles. The molecule has 0 atom stereocenters. The fraction of sp³-hybridized carbons (Fsp3) is 0.389. The number of piperidine rings is 1. The Morgan fingerprint density at radius 2 is 1.96 bits per heavy atom. The van der Waals surface area contributed by atoms with E-state index in [2.05, 4.69) is 26.9 Å². The molecule has 0 amide bonds. The third kappa shape index (κ3) is 3.51. The molecule has 136 valence electrons. The highest BCUT2D eigenvalue weighted by atomic mass is 35.5. The highest BCUT2D eigenvalue weighted by molar-refractivity contribution is 7.99. The van der Waals surface area contributed by atoms with Gasteiger partial charge in [0.2, 0.25) is 0 Å². The maximum atomic E-state index is 6.54. The highest BCUT2D eigenvalue weighted by Crippen LogP contribution is 2.36. The Balaban J connectivity index is 1.50. The van der Waals surface area contributed by atoms with Crippen LogP contribution >= 0.6 is 23.4 Å². The first-order chi connectivity index (χ1) is 12.4. The van der Waals surface area contributed by atoms with E-state index in [1.165, 1.54) is 11.8 Å². The number of nitrogens with zero attached hydrogens (tertiary/aromatic N) is 5. The molecular formula is C18H21ClN6S. The molecule has 0 saturated carbocycles. The number of aryl methyl sites for hydroxylation is 1. The molecule has 0 radical (unpaired) electrons. The molecule has 6 nitrogen and oxygen atoms in total. The second kappa shape index (κ2) is 6.72. The van der Waals surface area contributed by atoms with Crippen LogP contribution in [0.4, 0.5) is 5.82 Å². The lowest BCUT2D eigenvalue weighted by Crippen LogP contribution is -2.48. The standard InChI is InChI=1S/C18H21ClN6S/c1-18(20)5-7-25(8-6-18)15-9-22-16(10-21-15)26-14-4-3-13-12(17(14)19)11-24(2)23-13/h3-4,9-11H,5-8,20H2,1-2H3. The van der Waals surface area contributed by atoms with E-state index < -0.39 is 0 Å². The van der Waals surface area contributed by atoms with Gasteiger partial charge >= 0.3 is 0 Å². The van der Waals surface area contributed by atoms with Crippen molar-refractivity contribution in [1.82, 2.24) is 19.7 Å². The molecule has 1 fully saturated rings. The first-order valence-electron chi connectivity index (χ1n) is 8.57. The van der Waals surface area contributed by atoms with Crippen molar-refractivity contribution in [2.24, 2.45) is 12.8 Å². The van der Waals surface area contributed by atoms with E-state index in [0.717, 1.165) is 52.6 Å². The van der Waals surface area contributed by atoms with Gasteiger partial charge in [-0.3, -0.25) is 4.68 Å². The van der Waals surface area contributed by atoms with Crippen LogP contribution in [0.5, 0.6) is 0 Å². The summed E-state index contributed by atoms with van der Waals surface area (Å²) in [4.78, 5) is 12.3. The summed E-state index contributed by atoms with van der Waals surface area (Å²) in [5.41, 5.74) is 7.02. The lowest BCUT2D eigenvalue weighted by Gasteiger charge is -2.37. The largest absolute Gasteiger partial charge is 0.355 e. The normalized spacial score (nSPS) is 17.0. The summed E-state index contributed by atoms with van der Waals surface area (Å²) in [5, 5.41) is 6.84. The maximum absolute atomic E-state index is 6.54. The third-order valence-electron chi connectivity index (χ3n) is 4.76. The van der Waals surface area contributed by atoms with Crippen LogP contribution in [0.3, 0.4) is 0 Å². The number of hydrogen-bond donors (Lipinski definition) is 1. The highest BCUT2D eigenvalue weighted by Gasteiger charge is 2.26. The molecule has 1 aliphatic rings. The van der Waals surface area contributed by atoms with Crippen molar-refractivity contribution < 1.29 is 0 Å². The molecule has 0 aliphatic carbocycles. The van der Waals surface area contributed by atoms with Crippen molar-refractivity contribution in [2.75, 3.05) is 18.0 Å². The van der Waals surface area contributed by atoms with Crippen LogP contribution < -0.4 is 10.6 Å². The van der Waals surface area contributed by atoms with E-state index >= 15 is 0 Å². The lowest BCUT2D eigenvalue weighted by atomic mass is 9.91. The number of aromatic nitrogens is 4. The van der Waals surface area contributed by atoms with Gasteiger partial charge in [-0.2, -0.15) is 5.10 Å². The zero-order valence-electron chi connectivity index (χ0n) is 14.8. The zero-order chi connectivity index (χ0) is 18.3. The molecule has 1 aromatic carbocycles. The van der Waals surface area contributed by atoms with Gasteiger partial charge in [0.1, 0.15) is 10.8 Å². The number of halogens is 1. The Bertz CT molecular complexity index is 927. The van der Waals surface area contributed by atoms with Crippen LogP contribution in [0.15, 0.2) is 40.6 Å². The van der Waals surface area contributed by atoms with E-state index in [1.807, 2.05) is 31.6 Å². The number of nitrogens with two attached hydrogens (primary N) is 1. The molecule has 2 aromatic heterocycles. The van der Waals surface area contributed by atoms with Gasteiger partial charge in [-0.05, 0) is 31.9 Å². The average molecular weight is 389 g/mol. The minimum absolute atomic E-state index is 0.0680. The third-order valence-corrected chi connectivity index (χ3v) is 6.26. The van der Waals surface area contributed by atoms with E-state index in [1.54, 1.807) is 10.9 Å². The van der Waals surface area contributed by atoms with Gasteiger partial charge < -0.3 is 10.6 Å². The van der Waals surface area contributed by atoms with Gasteiger partial charge in [0.25, 0.3) is 0 Å². The molecule has 1 saturated heterocycles. The molecule has 26 heavy (non-hydrogen) atoms. The van der Waals surface area contributed by atoms with Crippen LogP contribution in [0.25, 0.3) is 10.9 Å². The van der Waals surface area contributed by atoms with Gasteiger partial charge in [0.05, 0.1) is 22.9 Å². The molecule has 3 aromatic rings. The van der Waals surface area contributed by atoms with Crippen molar-refractivity contribution in [3.05, 3.63) is 35.7 Å². The Kier molecular flexibility index (Phi) is 4.54. The monoisotopic (exact) mass is 388 g/mol. The summed E-state index contributed by atoms with van der Waals surface area (Å²) in [6, 6.07) is 3.95. The van der Waals surface area contributed by atoms with Gasteiger partial charge in [-0.25, -0.2) is 9.97 Å². The van der Waals surface area contributed by atoms with E-state index in [4.69, 9.17) is 17.3 Å². The SMILES string of the molecule is Cn1cc2c(Cl)c(Sc3cnc(N4CCC(C)(N)CC4)cn3)ccc2n1. The van der Waals surface area contributed by atoms with Crippen LogP contribution in [0.2, 0.25) is 5.02 Å². The van der Waals surface area contributed by atoms with E-state index in [0.29, 0.717) is 5.02 Å². The number of anilines is 1. The summed E-state index contributed by atoms with van der Waals surface area (Å²) >= 11 is 8.05. The number of hydrogen-bond acceptors (Lipinski definition) is 6. The van der Waals surface area contributed by atoms with Crippen molar-refractivity contribution in [1.29, 1.82) is 0 Å². The average Bonchev–Trinajstić information content (AvgIpc) is 3.00. The number of fused-ring (bicyclic) bond motifs is 1. The van der Waals surface area contributed by atoms with Gasteiger partial charge in [0, 0.05) is 42.2 Å². The van der Waals surface area contributed by atoms with Gasteiger partial charge in [0.15, 0.2) is 0 Å². The molecule has 0 bridgehead atoms. The fourth-order valence-electron chi connectivity index (χ4n) is 3.12. The maximum Gasteiger partial charge on any atom is 0.147 e. The van der Waals surface area contributed by atoms with Gasteiger partial charge in [-0.15, -0.1) is 0 Å². The van der Waals surface area contributed by atoms with Crippen molar-refractivity contribution in [2.45, 2.75) is 35.2 Å². The number of rotatable bonds is 3. The van der Waals surface area contributed by atoms with Crippen molar-refractivity contribution >= 4 is 40.1 Å². The Morgan fingerprint density at radius 1 is 1.19 bits per heavy atom. The van der Waals surface area contributed by atoms with Crippen LogP contribution in [-0.2, 0) is 7.05 Å². The van der Waals surface area contributed by atoms with Crippen LogP contribution in [0, 0.1) is 0 Å². The summed E-state index contributed by atoms with van der Waals surface area (Å²) in [6.07, 6.45) is 7.49. The first-order valence-corrected chi connectivity index (χ1v) is 9.76. The summed E-state index contributed by atoms with van der Waals surface area (Å²) in [6.45, 7) is 3.94. The van der Waals surface area contributed by atoms with Crippen LogP contribution in [-0.4, -0.2) is 38.4 Å². The smallest absolute Gasteiger partial charge is 0.147 e. The molecule has 0 unspecified atom stereocenters. The molecule has 0 spiro atoms. The Hall–Kier alpha value is -1.83. The molecule has 3 heterocycles. The topological polar surface area (TPSA) is 72.9 Å². The second-order valence-electron chi connectivity index (χ2n) is 7.07. The molecule has 4 rings (SSSR count). The van der Waals surface area contributed by atoms with E-state index in [9.17, 15) is 0 Å². The van der Waals surface area contributed by atoms with Crippen molar-refractivity contribution in [3.63, 3.8) is 0 Å². The molecule has 2 N–H and O–H groups in total. The molecule has 8 heteroatoms. The van der Waals surface area contributed by atoms with Crippen molar-refractivity contribution in [3.8, 4) is 0 Å². The predicted octanol–water partition coefficient (Wildman–Crippen LogP) is 3.49. The Morgan fingerprint density at radius 3 is 2.65 bits per heavy atom. The quantitative estimate of drug-likeness (QED) is 0.740. The summed E-state index contributed by atoms with van der Waals surface area (Å²) in [7, 11) is 1.89. The van der Waals surface area contributed by atoms with E-state index in [-0.39, 0.29) is 5.54 Å².